The Morgan fingerprint density at radius 2 is 1.80 bits per heavy atom. The number of nitrogens with zero attached hydrogens (tertiary/aromatic N) is 3. The fourth-order valence-corrected chi connectivity index (χ4v) is 7.35. The summed E-state index contributed by atoms with van der Waals surface area (Å²) in [4.78, 5) is 43.9. The number of benzene rings is 3. The van der Waals surface area contributed by atoms with Crippen molar-refractivity contribution in [3.63, 3.8) is 0 Å². The molecule has 0 radical (unpaired) electrons. The minimum atomic E-state index is -0.670. The zero-order chi connectivity index (χ0) is 31.9. The van der Waals surface area contributed by atoms with Crippen LogP contribution in [0.2, 0.25) is 0 Å². The number of amides is 2. The van der Waals surface area contributed by atoms with Gasteiger partial charge in [0.15, 0.2) is 0 Å². The SMILES string of the molecule is O=C1[C@@H]2[C@@H](CC(CO)=C3[C@@H](CC/C(=C/c4ccc(O)c5ccccc45)c4ccccn4)OC[C@@H]32)C(=O)N1c1cccc([N+](=O)[O-])c1. The first kappa shape index (κ1) is 29.5. The summed E-state index contributed by atoms with van der Waals surface area (Å²) in [5.74, 6) is -2.32. The lowest BCUT2D eigenvalue weighted by molar-refractivity contribution is -0.384. The van der Waals surface area contributed by atoms with E-state index in [0.717, 1.165) is 38.1 Å². The van der Waals surface area contributed by atoms with Gasteiger partial charge in [0, 0.05) is 29.6 Å². The molecule has 4 atom stereocenters. The molecule has 7 rings (SSSR count). The summed E-state index contributed by atoms with van der Waals surface area (Å²) in [6.07, 6.45) is 4.81. The van der Waals surface area contributed by atoms with Crippen LogP contribution in [-0.2, 0) is 14.3 Å². The van der Waals surface area contributed by atoms with E-state index in [-0.39, 0.29) is 48.8 Å². The maximum atomic E-state index is 13.8. The van der Waals surface area contributed by atoms with Gasteiger partial charge in [-0.05, 0) is 77.3 Å². The Hall–Kier alpha value is -5.19. The lowest BCUT2D eigenvalue weighted by Gasteiger charge is -2.31. The van der Waals surface area contributed by atoms with Gasteiger partial charge in [0.05, 0.1) is 47.5 Å². The van der Waals surface area contributed by atoms with Gasteiger partial charge < -0.3 is 14.9 Å². The quantitative estimate of drug-likeness (QED) is 0.111. The number of phenols is 1. The largest absolute Gasteiger partial charge is 0.507 e. The Morgan fingerprint density at radius 3 is 2.57 bits per heavy atom. The fourth-order valence-electron chi connectivity index (χ4n) is 7.35. The molecule has 46 heavy (non-hydrogen) atoms. The summed E-state index contributed by atoms with van der Waals surface area (Å²) < 4.78 is 6.32. The van der Waals surface area contributed by atoms with Gasteiger partial charge in [-0.2, -0.15) is 0 Å². The molecule has 2 fully saturated rings. The number of hydrogen-bond donors (Lipinski definition) is 2. The lowest BCUT2D eigenvalue weighted by Crippen LogP contribution is -2.35. The van der Waals surface area contributed by atoms with Gasteiger partial charge in [-0.25, -0.2) is 4.90 Å². The second-order valence-electron chi connectivity index (χ2n) is 11.9. The maximum Gasteiger partial charge on any atom is 0.271 e. The van der Waals surface area contributed by atoms with E-state index in [0.29, 0.717) is 18.4 Å². The van der Waals surface area contributed by atoms with E-state index in [4.69, 9.17) is 4.74 Å². The number of aliphatic hydroxyl groups excluding tert-OH is 1. The standard InChI is InChI=1S/C36H31N3O7/c40-19-23-17-28-34(36(43)38(35(28)42)24-6-5-7-25(18-24)39(44)45)29-20-46-32(33(23)29)14-12-22(30-10-3-4-15-37-30)16-21-11-13-31(41)27-9-2-1-8-26(21)27/h1-11,13,15-16,18,28-29,32,34,40-41H,12,14,17,19-20H2/b22-16-/t28-,29+,32-,34-/m1/s1. The molecule has 0 saturated carbocycles. The number of carbonyl (C=O) groups is 2. The van der Waals surface area contributed by atoms with Crippen molar-refractivity contribution >= 4 is 45.6 Å². The number of rotatable bonds is 8. The van der Waals surface area contributed by atoms with Crippen LogP contribution < -0.4 is 4.90 Å². The Labute approximate surface area is 264 Å². The van der Waals surface area contributed by atoms with Crippen LogP contribution in [0.5, 0.6) is 5.75 Å². The highest BCUT2D eigenvalue weighted by atomic mass is 16.6. The molecule has 2 saturated heterocycles. The molecule has 1 aliphatic carbocycles. The number of non-ortho nitro benzene ring substituents is 1. The summed E-state index contributed by atoms with van der Waals surface area (Å²) in [7, 11) is 0. The summed E-state index contributed by atoms with van der Waals surface area (Å²) in [6.45, 7) is -0.0205. The Bertz CT molecular complexity index is 1940. The molecule has 4 aromatic rings. The van der Waals surface area contributed by atoms with Crippen molar-refractivity contribution in [2.45, 2.75) is 25.4 Å². The first-order valence-corrected chi connectivity index (χ1v) is 15.2. The Balaban J connectivity index is 1.18. The second kappa shape index (κ2) is 12.0. The molecule has 10 heteroatoms. The van der Waals surface area contributed by atoms with E-state index in [2.05, 4.69) is 11.1 Å². The second-order valence-corrected chi connectivity index (χ2v) is 11.9. The van der Waals surface area contributed by atoms with Crippen molar-refractivity contribution in [1.82, 2.24) is 4.98 Å². The van der Waals surface area contributed by atoms with Crippen LogP contribution in [0.1, 0.15) is 30.5 Å². The Morgan fingerprint density at radius 1 is 1.00 bits per heavy atom. The van der Waals surface area contributed by atoms with Crippen LogP contribution in [0, 0.1) is 27.9 Å². The molecule has 3 aromatic carbocycles. The molecule has 2 amide bonds. The molecule has 10 nitrogen and oxygen atoms in total. The van der Waals surface area contributed by atoms with Gasteiger partial charge in [0.2, 0.25) is 11.8 Å². The predicted molar refractivity (Wildman–Crippen MR) is 171 cm³/mol. The van der Waals surface area contributed by atoms with E-state index >= 15 is 0 Å². The van der Waals surface area contributed by atoms with Gasteiger partial charge in [-0.1, -0.05) is 42.5 Å². The third kappa shape index (κ3) is 5.05. The number of nitro benzene ring substituents is 1. The van der Waals surface area contributed by atoms with Gasteiger partial charge in [-0.15, -0.1) is 0 Å². The number of aromatic hydroxyl groups is 1. The number of hydrogen-bond acceptors (Lipinski definition) is 8. The summed E-state index contributed by atoms with van der Waals surface area (Å²) in [6, 6.07) is 22.5. The van der Waals surface area contributed by atoms with E-state index in [1.54, 1.807) is 12.3 Å². The number of pyridine rings is 1. The van der Waals surface area contributed by atoms with Crippen LogP contribution in [0.15, 0.2) is 96.2 Å². The van der Waals surface area contributed by atoms with Gasteiger partial charge >= 0.3 is 0 Å². The maximum absolute atomic E-state index is 13.8. The molecule has 2 aliphatic heterocycles. The zero-order valence-electron chi connectivity index (χ0n) is 24.8. The number of aliphatic hydroxyl groups is 1. The fraction of sp³-hybridized carbons (Fsp3) is 0.250. The minimum absolute atomic E-state index is 0.174. The van der Waals surface area contributed by atoms with Gasteiger partial charge in [-0.3, -0.25) is 24.7 Å². The smallest absolute Gasteiger partial charge is 0.271 e. The van der Waals surface area contributed by atoms with Crippen LogP contribution in [0.3, 0.4) is 0 Å². The third-order valence-corrected chi connectivity index (χ3v) is 9.43. The van der Waals surface area contributed by atoms with E-state index in [9.17, 15) is 29.9 Å². The van der Waals surface area contributed by atoms with Crippen LogP contribution in [-0.4, -0.2) is 51.3 Å². The Kier molecular flexibility index (Phi) is 7.67. The normalized spacial score (nSPS) is 22.8. The highest BCUT2D eigenvalue weighted by Crippen LogP contribution is 2.50. The molecule has 0 unspecified atom stereocenters. The van der Waals surface area contributed by atoms with E-state index in [1.807, 2.05) is 48.5 Å². The first-order valence-electron chi connectivity index (χ1n) is 15.2. The highest BCUT2D eigenvalue weighted by molar-refractivity contribution is 6.22. The van der Waals surface area contributed by atoms with Crippen LogP contribution in [0.4, 0.5) is 11.4 Å². The third-order valence-electron chi connectivity index (χ3n) is 9.43. The molecule has 232 valence electrons. The van der Waals surface area contributed by atoms with Crippen LogP contribution >= 0.6 is 0 Å². The number of aromatic nitrogens is 1. The molecule has 0 bridgehead atoms. The minimum Gasteiger partial charge on any atom is -0.507 e. The number of phenolic OH excluding ortho intramolecular Hbond substituents is 1. The molecular formula is C36H31N3O7. The van der Waals surface area contributed by atoms with E-state index < -0.39 is 28.6 Å². The van der Waals surface area contributed by atoms with Crippen LogP contribution in [0.25, 0.3) is 22.4 Å². The number of carbonyl (C=O) groups excluding carboxylic acids is 2. The number of allylic oxidation sites excluding steroid dienone is 1. The van der Waals surface area contributed by atoms with Gasteiger partial charge in [0.1, 0.15) is 5.75 Å². The van der Waals surface area contributed by atoms with Crippen molar-refractivity contribution in [2.24, 2.45) is 17.8 Å². The predicted octanol–water partition coefficient (Wildman–Crippen LogP) is 5.68. The van der Waals surface area contributed by atoms with Crippen molar-refractivity contribution in [3.05, 3.63) is 118 Å². The molecule has 1 aromatic heterocycles. The van der Waals surface area contributed by atoms with Gasteiger partial charge in [0.25, 0.3) is 5.69 Å². The summed E-state index contributed by atoms with van der Waals surface area (Å²) in [5, 5.41) is 33.9. The number of imide groups is 1. The number of ether oxygens (including phenoxy) is 1. The molecule has 3 heterocycles. The molecular weight excluding hydrogens is 586 g/mol. The monoisotopic (exact) mass is 617 g/mol. The zero-order valence-corrected chi connectivity index (χ0v) is 24.8. The number of nitro groups is 1. The number of anilines is 1. The summed E-state index contributed by atoms with van der Waals surface area (Å²) in [5.41, 5.74) is 4.26. The molecule has 0 spiro atoms. The lowest BCUT2D eigenvalue weighted by atomic mass is 9.69. The molecule has 2 N–H and O–H groups in total. The summed E-state index contributed by atoms with van der Waals surface area (Å²) >= 11 is 0. The average Bonchev–Trinajstić information content (AvgIpc) is 3.61. The van der Waals surface area contributed by atoms with Crippen molar-refractivity contribution in [2.75, 3.05) is 18.1 Å². The topological polar surface area (TPSA) is 143 Å². The van der Waals surface area contributed by atoms with Crippen molar-refractivity contribution in [1.29, 1.82) is 0 Å². The average molecular weight is 618 g/mol. The first-order chi connectivity index (χ1) is 22.4. The molecule has 3 aliphatic rings. The van der Waals surface area contributed by atoms with E-state index in [1.165, 1.54) is 24.3 Å². The number of fused-ring (bicyclic) bond motifs is 4. The van der Waals surface area contributed by atoms with Crippen molar-refractivity contribution in [3.8, 4) is 5.75 Å². The van der Waals surface area contributed by atoms with Crippen molar-refractivity contribution < 1.29 is 29.5 Å². The highest BCUT2D eigenvalue weighted by Gasteiger charge is 2.57.